The molecule has 0 aliphatic heterocycles. The molecule has 1 amide bonds. The Bertz CT molecular complexity index is 877. The maximum Gasteiger partial charge on any atom is 0.227 e. The summed E-state index contributed by atoms with van der Waals surface area (Å²) in [5.74, 6) is 2.09. The van der Waals surface area contributed by atoms with Crippen LogP contribution in [0.5, 0.6) is 11.5 Å². The van der Waals surface area contributed by atoms with Gasteiger partial charge in [0.05, 0.1) is 23.8 Å². The molecule has 27 heavy (non-hydrogen) atoms. The molecule has 0 bridgehead atoms. The van der Waals surface area contributed by atoms with Gasteiger partial charge in [0.1, 0.15) is 11.5 Å². The predicted octanol–water partition coefficient (Wildman–Crippen LogP) is 4.17. The molecule has 0 atom stereocenters. The van der Waals surface area contributed by atoms with Crippen molar-refractivity contribution in [2.24, 2.45) is 0 Å². The average molecular weight is 387 g/mol. The third-order valence-electron chi connectivity index (χ3n) is 3.61. The zero-order chi connectivity index (χ0) is 19.1. The number of amides is 1. The van der Waals surface area contributed by atoms with Crippen LogP contribution in [-0.2, 0) is 11.2 Å². The van der Waals surface area contributed by atoms with Crippen LogP contribution in [-0.4, -0.2) is 29.3 Å². The molecule has 0 aliphatic rings. The number of thiophene rings is 1. The van der Waals surface area contributed by atoms with Crippen molar-refractivity contribution in [2.45, 2.75) is 26.7 Å². The summed E-state index contributed by atoms with van der Waals surface area (Å²) in [7, 11) is 0. The van der Waals surface area contributed by atoms with Crippen LogP contribution in [0.4, 0.5) is 5.69 Å². The maximum atomic E-state index is 12.4. The van der Waals surface area contributed by atoms with E-state index in [2.05, 4.69) is 15.5 Å². The lowest BCUT2D eigenvalue weighted by Gasteiger charge is -2.13. The molecular weight excluding hydrogens is 366 g/mol. The van der Waals surface area contributed by atoms with Crippen molar-refractivity contribution in [1.82, 2.24) is 10.1 Å². The number of benzene rings is 1. The molecule has 0 radical (unpaired) electrons. The van der Waals surface area contributed by atoms with Crippen molar-refractivity contribution in [2.75, 3.05) is 18.5 Å². The first-order valence-electron chi connectivity index (χ1n) is 8.75. The Morgan fingerprint density at radius 2 is 2.07 bits per heavy atom. The molecule has 0 spiro atoms. The number of nitrogens with zero attached hydrogens (tertiary/aromatic N) is 2. The normalized spacial score (nSPS) is 10.6. The first kappa shape index (κ1) is 18.9. The Morgan fingerprint density at radius 3 is 2.81 bits per heavy atom. The van der Waals surface area contributed by atoms with Gasteiger partial charge in [-0.1, -0.05) is 11.2 Å². The number of rotatable bonds is 9. The fourth-order valence-electron chi connectivity index (χ4n) is 2.44. The van der Waals surface area contributed by atoms with E-state index in [1.54, 1.807) is 12.1 Å². The molecule has 0 saturated heterocycles. The molecule has 2 heterocycles. The molecule has 0 unspecified atom stereocenters. The largest absolute Gasteiger partial charge is 0.494 e. The molecule has 0 saturated carbocycles. The summed E-state index contributed by atoms with van der Waals surface area (Å²) in [5.41, 5.74) is 0.581. The zero-order valence-corrected chi connectivity index (χ0v) is 16.0. The van der Waals surface area contributed by atoms with Gasteiger partial charge in [0.25, 0.3) is 0 Å². The Morgan fingerprint density at radius 1 is 1.22 bits per heavy atom. The summed E-state index contributed by atoms with van der Waals surface area (Å²) in [6, 6.07) is 9.21. The smallest absolute Gasteiger partial charge is 0.227 e. The Labute approximate surface area is 161 Å². The maximum absolute atomic E-state index is 12.4. The van der Waals surface area contributed by atoms with Crippen LogP contribution in [0.1, 0.15) is 26.2 Å². The second-order valence-corrected chi connectivity index (χ2v) is 6.51. The van der Waals surface area contributed by atoms with Crippen LogP contribution in [0.3, 0.4) is 0 Å². The Balaban J connectivity index is 1.61. The van der Waals surface area contributed by atoms with Gasteiger partial charge >= 0.3 is 0 Å². The highest BCUT2D eigenvalue weighted by atomic mass is 32.1. The van der Waals surface area contributed by atoms with Gasteiger partial charge in [0, 0.05) is 18.9 Å². The summed E-state index contributed by atoms with van der Waals surface area (Å²) in [6.07, 6.45) is 0.579. The number of ether oxygens (including phenoxy) is 2. The molecule has 0 aliphatic carbocycles. The molecule has 1 aromatic carbocycles. The van der Waals surface area contributed by atoms with Crippen molar-refractivity contribution >= 4 is 22.9 Å². The first-order valence-corrected chi connectivity index (χ1v) is 9.63. The number of carbonyl (C=O) groups is 1. The molecule has 142 valence electrons. The van der Waals surface area contributed by atoms with E-state index in [1.807, 2.05) is 37.4 Å². The summed E-state index contributed by atoms with van der Waals surface area (Å²) < 4.78 is 16.3. The van der Waals surface area contributed by atoms with E-state index >= 15 is 0 Å². The van der Waals surface area contributed by atoms with Gasteiger partial charge in [-0.05, 0) is 37.4 Å². The Kier molecular flexibility index (Phi) is 6.43. The van der Waals surface area contributed by atoms with E-state index < -0.39 is 0 Å². The fourth-order valence-corrected chi connectivity index (χ4v) is 3.09. The Hall–Kier alpha value is -2.87. The molecular formula is C19H21N3O4S. The van der Waals surface area contributed by atoms with Crippen LogP contribution in [0.25, 0.3) is 10.7 Å². The van der Waals surface area contributed by atoms with Crippen molar-refractivity contribution in [3.8, 4) is 22.2 Å². The van der Waals surface area contributed by atoms with Gasteiger partial charge in [-0.15, -0.1) is 11.3 Å². The molecule has 8 heteroatoms. The second-order valence-electron chi connectivity index (χ2n) is 5.56. The summed E-state index contributed by atoms with van der Waals surface area (Å²) in [5, 5.41) is 8.76. The van der Waals surface area contributed by atoms with E-state index in [4.69, 9.17) is 14.0 Å². The lowest BCUT2D eigenvalue weighted by atomic mass is 10.2. The van der Waals surface area contributed by atoms with Gasteiger partial charge < -0.3 is 19.3 Å². The summed E-state index contributed by atoms with van der Waals surface area (Å²) in [4.78, 5) is 17.6. The standard InChI is InChI=1S/C19H21N3O4S/c1-3-24-13-7-8-15(25-4-2)14(12-13)20-17(23)9-10-18-21-19(22-26-18)16-6-5-11-27-16/h5-8,11-12H,3-4,9-10H2,1-2H3,(H,20,23). The van der Waals surface area contributed by atoms with Crippen molar-refractivity contribution in [3.63, 3.8) is 0 Å². The minimum atomic E-state index is -0.166. The molecule has 3 aromatic rings. The van der Waals surface area contributed by atoms with Gasteiger partial charge in [0.15, 0.2) is 0 Å². The highest BCUT2D eigenvalue weighted by molar-refractivity contribution is 7.13. The van der Waals surface area contributed by atoms with Crippen molar-refractivity contribution in [3.05, 3.63) is 41.6 Å². The molecule has 0 fully saturated rings. The topological polar surface area (TPSA) is 86.5 Å². The number of aromatic nitrogens is 2. The highest BCUT2D eigenvalue weighted by Gasteiger charge is 2.13. The van der Waals surface area contributed by atoms with Crippen LogP contribution in [0.15, 0.2) is 40.2 Å². The number of carbonyl (C=O) groups excluding carboxylic acids is 1. The van der Waals surface area contributed by atoms with E-state index in [0.29, 0.717) is 48.5 Å². The number of hydrogen-bond donors (Lipinski definition) is 1. The lowest BCUT2D eigenvalue weighted by Crippen LogP contribution is -2.13. The molecule has 7 nitrogen and oxygen atoms in total. The van der Waals surface area contributed by atoms with Gasteiger partial charge in [-0.25, -0.2) is 0 Å². The SMILES string of the molecule is CCOc1ccc(OCC)c(NC(=O)CCc2nc(-c3cccs3)no2)c1. The zero-order valence-electron chi connectivity index (χ0n) is 15.2. The van der Waals surface area contributed by atoms with Gasteiger partial charge in [0.2, 0.25) is 17.6 Å². The molecule has 1 N–H and O–H groups in total. The monoisotopic (exact) mass is 387 g/mol. The quantitative estimate of drug-likeness (QED) is 0.593. The number of hydrogen-bond acceptors (Lipinski definition) is 7. The van der Waals surface area contributed by atoms with E-state index in [-0.39, 0.29) is 12.3 Å². The van der Waals surface area contributed by atoms with Gasteiger partial charge in [-0.3, -0.25) is 4.79 Å². The third-order valence-corrected chi connectivity index (χ3v) is 4.48. The third kappa shape index (κ3) is 5.07. The van der Waals surface area contributed by atoms with Crippen LogP contribution in [0, 0.1) is 0 Å². The van der Waals surface area contributed by atoms with Crippen LogP contribution in [0.2, 0.25) is 0 Å². The predicted molar refractivity (Wildman–Crippen MR) is 103 cm³/mol. The molecule has 2 aromatic heterocycles. The highest BCUT2D eigenvalue weighted by Crippen LogP contribution is 2.29. The lowest BCUT2D eigenvalue weighted by molar-refractivity contribution is -0.116. The van der Waals surface area contributed by atoms with Crippen LogP contribution < -0.4 is 14.8 Å². The van der Waals surface area contributed by atoms with E-state index in [1.165, 1.54) is 11.3 Å². The molecule has 3 rings (SSSR count). The van der Waals surface area contributed by atoms with E-state index in [9.17, 15) is 4.79 Å². The second kappa shape index (κ2) is 9.18. The van der Waals surface area contributed by atoms with Crippen molar-refractivity contribution < 1.29 is 18.8 Å². The summed E-state index contributed by atoms with van der Waals surface area (Å²) >= 11 is 1.54. The number of nitrogens with one attached hydrogen (secondary N) is 1. The fraction of sp³-hybridized carbons (Fsp3) is 0.316. The van der Waals surface area contributed by atoms with Gasteiger partial charge in [-0.2, -0.15) is 4.98 Å². The average Bonchev–Trinajstić information content (AvgIpc) is 3.34. The van der Waals surface area contributed by atoms with Crippen molar-refractivity contribution in [1.29, 1.82) is 0 Å². The minimum Gasteiger partial charge on any atom is -0.494 e. The minimum absolute atomic E-state index is 0.166. The number of anilines is 1. The summed E-state index contributed by atoms with van der Waals surface area (Å²) in [6.45, 7) is 4.85. The van der Waals surface area contributed by atoms with E-state index in [0.717, 1.165) is 4.88 Å². The number of aryl methyl sites for hydroxylation is 1. The first-order chi connectivity index (χ1) is 13.2. The van der Waals surface area contributed by atoms with Crippen LogP contribution >= 0.6 is 11.3 Å².